The van der Waals surface area contributed by atoms with E-state index in [0.29, 0.717) is 12.6 Å². The molecule has 0 aliphatic carbocycles. The molecule has 6 heteroatoms. The fourth-order valence-corrected chi connectivity index (χ4v) is 3.10. The Bertz CT molecular complexity index is 728. The number of hydrogen-bond donors (Lipinski definition) is 1. The van der Waals surface area contributed by atoms with Gasteiger partial charge >= 0.3 is 0 Å². The first-order valence-electron chi connectivity index (χ1n) is 6.67. The summed E-state index contributed by atoms with van der Waals surface area (Å²) in [5.74, 6) is 0.905. The minimum atomic E-state index is 0.317. The SMILES string of the molecule is CC(C)n1c(-c2csc(CCN)n2)nc2cnccc21. The van der Waals surface area contributed by atoms with Crippen LogP contribution in [-0.4, -0.2) is 26.1 Å². The molecule has 0 unspecified atom stereocenters. The predicted octanol–water partition coefficient (Wildman–Crippen LogP) is 2.64. The van der Waals surface area contributed by atoms with E-state index in [2.05, 4.69) is 33.8 Å². The van der Waals surface area contributed by atoms with E-state index in [1.165, 1.54) is 0 Å². The number of aromatic nitrogens is 4. The third kappa shape index (κ3) is 2.21. The summed E-state index contributed by atoms with van der Waals surface area (Å²) in [5.41, 5.74) is 8.51. The van der Waals surface area contributed by atoms with Crippen LogP contribution in [0.4, 0.5) is 0 Å². The second-order valence-corrected chi connectivity index (χ2v) is 5.87. The summed E-state index contributed by atoms with van der Waals surface area (Å²) >= 11 is 1.64. The van der Waals surface area contributed by atoms with Crippen LogP contribution < -0.4 is 5.73 Å². The highest BCUT2D eigenvalue weighted by atomic mass is 32.1. The van der Waals surface area contributed by atoms with Crippen LogP contribution in [0.15, 0.2) is 23.8 Å². The van der Waals surface area contributed by atoms with Gasteiger partial charge in [-0.3, -0.25) is 4.98 Å². The fraction of sp³-hybridized carbons (Fsp3) is 0.357. The highest BCUT2D eigenvalue weighted by Crippen LogP contribution is 2.28. The molecule has 0 saturated heterocycles. The van der Waals surface area contributed by atoms with Gasteiger partial charge in [0.25, 0.3) is 0 Å². The Kier molecular flexibility index (Phi) is 3.50. The third-order valence-corrected chi connectivity index (χ3v) is 4.06. The van der Waals surface area contributed by atoms with Crippen molar-refractivity contribution in [3.8, 4) is 11.5 Å². The normalized spacial score (nSPS) is 11.6. The predicted molar refractivity (Wildman–Crippen MR) is 81.8 cm³/mol. The van der Waals surface area contributed by atoms with E-state index in [0.717, 1.165) is 34.0 Å². The molecule has 0 amide bonds. The molecule has 0 aliphatic heterocycles. The zero-order valence-electron chi connectivity index (χ0n) is 11.6. The number of nitrogens with two attached hydrogens (primary N) is 1. The van der Waals surface area contributed by atoms with Crippen molar-refractivity contribution in [2.75, 3.05) is 6.54 Å². The van der Waals surface area contributed by atoms with Gasteiger partial charge in [0, 0.05) is 24.0 Å². The summed E-state index contributed by atoms with van der Waals surface area (Å²) in [6.07, 6.45) is 4.41. The van der Waals surface area contributed by atoms with Gasteiger partial charge in [-0.2, -0.15) is 0 Å². The molecule has 0 radical (unpaired) electrons. The lowest BCUT2D eigenvalue weighted by molar-refractivity contribution is 0.623. The average Bonchev–Trinajstić information content (AvgIpc) is 3.02. The zero-order valence-corrected chi connectivity index (χ0v) is 12.4. The highest BCUT2D eigenvalue weighted by molar-refractivity contribution is 7.09. The lowest BCUT2D eigenvalue weighted by Gasteiger charge is -2.11. The summed E-state index contributed by atoms with van der Waals surface area (Å²) in [4.78, 5) is 13.5. The molecule has 3 aromatic rings. The Balaban J connectivity index is 2.16. The maximum absolute atomic E-state index is 5.59. The van der Waals surface area contributed by atoms with Crippen molar-refractivity contribution in [3.63, 3.8) is 0 Å². The van der Waals surface area contributed by atoms with Gasteiger partial charge < -0.3 is 10.3 Å². The van der Waals surface area contributed by atoms with Gasteiger partial charge in [-0.15, -0.1) is 11.3 Å². The molecule has 20 heavy (non-hydrogen) atoms. The lowest BCUT2D eigenvalue weighted by Crippen LogP contribution is -2.04. The van der Waals surface area contributed by atoms with E-state index >= 15 is 0 Å². The summed E-state index contributed by atoms with van der Waals surface area (Å²) < 4.78 is 2.21. The van der Waals surface area contributed by atoms with Gasteiger partial charge in [0.2, 0.25) is 0 Å². The zero-order chi connectivity index (χ0) is 14.1. The summed E-state index contributed by atoms with van der Waals surface area (Å²) in [5, 5.41) is 3.11. The van der Waals surface area contributed by atoms with Crippen LogP contribution in [-0.2, 0) is 6.42 Å². The topological polar surface area (TPSA) is 69.6 Å². The van der Waals surface area contributed by atoms with Crippen molar-refractivity contribution in [3.05, 3.63) is 28.8 Å². The number of rotatable bonds is 4. The van der Waals surface area contributed by atoms with Gasteiger partial charge in [0.05, 0.1) is 16.7 Å². The minimum Gasteiger partial charge on any atom is -0.330 e. The van der Waals surface area contributed by atoms with Crippen molar-refractivity contribution in [1.82, 2.24) is 19.5 Å². The van der Waals surface area contributed by atoms with Crippen LogP contribution in [0.5, 0.6) is 0 Å². The Morgan fingerprint density at radius 2 is 2.20 bits per heavy atom. The number of thiazole rings is 1. The quantitative estimate of drug-likeness (QED) is 0.801. The summed E-state index contributed by atoms with van der Waals surface area (Å²) in [7, 11) is 0. The molecule has 0 atom stereocenters. The maximum atomic E-state index is 5.59. The Morgan fingerprint density at radius 3 is 2.95 bits per heavy atom. The first kappa shape index (κ1) is 13.2. The van der Waals surface area contributed by atoms with Gasteiger partial charge in [-0.25, -0.2) is 9.97 Å². The molecule has 5 nitrogen and oxygen atoms in total. The molecule has 0 aromatic carbocycles. The summed E-state index contributed by atoms with van der Waals surface area (Å²) in [6.45, 7) is 4.92. The molecule has 3 heterocycles. The van der Waals surface area contributed by atoms with Crippen LogP contribution in [0.3, 0.4) is 0 Å². The van der Waals surface area contributed by atoms with Crippen LogP contribution in [0.2, 0.25) is 0 Å². The summed E-state index contributed by atoms with van der Waals surface area (Å²) in [6, 6.07) is 2.32. The van der Waals surface area contributed by atoms with E-state index in [1.807, 2.05) is 6.07 Å². The number of fused-ring (bicyclic) bond motifs is 1. The highest BCUT2D eigenvalue weighted by Gasteiger charge is 2.17. The molecule has 104 valence electrons. The van der Waals surface area contributed by atoms with Gasteiger partial charge in [0.15, 0.2) is 5.82 Å². The molecule has 3 rings (SSSR count). The van der Waals surface area contributed by atoms with Crippen LogP contribution in [0.25, 0.3) is 22.6 Å². The van der Waals surface area contributed by atoms with Crippen molar-refractivity contribution in [1.29, 1.82) is 0 Å². The van der Waals surface area contributed by atoms with Gasteiger partial charge in [0.1, 0.15) is 11.2 Å². The van der Waals surface area contributed by atoms with Crippen molar-refractivity contribution in [2.24, 2.45) is 5.73 Å². The first-order valence-corrected chi connectivity index (χ1v) is 7.55. The van der Waals surface area contributed by atoms with Crippen LogP contribution >= 0.6 is 11.3 Å². The number of nitrogens with zero attached hydrogens (tertiary/aromatic N) is 4. The fourth-order valence-electron chi connectivity index (χ4n) is 2.31. The lowest BCUT2D eigenvalue weighted by atomic mass is 10.3. The van der Waals surface area contributed by atoms with Crippen molar-refractivity contribution < 1.29 is 0 Å². The van der Waals surface area contributed by atoms with Crippen LogP contribution in [0.1, 0.15) is 24.9 Å². The van der Waals surface area contributed by atoms with E-state index in [9.17, 15) is 0 Å². The van der Waals surface area contributed by atoms with Gasteiger partial charge in [-0.1, -0.05) is 0 Å². The number of imidazole rings is 1. The maximum Gasteiger partial charge on any atom is 0.160 e. The molecule has 0 fully saturated rings. The van der Waals surface area contributed by atoms with Crippen molar-refractivity contribution >= 4 is 22.4 Å². The molecule has 2 N–H and O–H groups in total. The van der Waals surface area contributed by atoms with E-state index in [-0.39, 0.29) is 0 Å². The molecule has 0 saturated carbocycles. The molecule has 0 spiro atoms. The monoisotopic (exact) mass is 287 g/mol. The number of pyridine rings is 1. The number of hydrogen-bond acceptors (Lipinski definition) is 5. The second-order valence-electron chi connectivity index (χ2n) is 4.93. The Labute approximate surface area is 121 Å². The standard InChI is InChI=1S/C14H17N5S/c1-9(2)19-12-4-6-16-7-10(12)18-14(19)11-8-20-13(17-11)3-5-15/h4,6-9H,3,5,15H2,1-2H3. The molecule has 3 aromatic heterocycles. The largest absolute Gasteiger partial charge is 0.330 e. The molecule has 0 aliphatic rings. The Hall–Kier alpha value is -1.79. The van der Waals surface area contributed by atoms with E-state index in [1.54, 1.807) is 23.7 Å². The molecule has 0 bridgehead atoms. The van der Waals surface area contributed by atoms with Crippen LogP contribution in [0, 0.1) is 0 Å². The van der Waals surface area contributed by atoms with E-state index < -0.39 is 0 Å². The average molecular weight is 287 g/mol. The third-order valence-electron chi connectivity index (χ3n) is 3.15. The minimum absolute atomic E-state index is 0.317. The Morgan fingerprint density at radius 1 is 1.35 bits per heavy atom. The first-order chi connectivity index (χ1) is 9.70. The molecular weight excluding hydrogens is 270 g/mol. The second kappa shape index (κ2) is 5.30. The van der Waals surface area contributed by atoms with Gasteiger partial charge in [-0.05, 0) is 26.5 Å². The smallest absolute Gasteiger partial charge is 0.160 e. The van der Waals surface area contributed by atoms with Crippen molar-refractivity contribution in [2.45, 2.75) is 26.3 Å². The molecular formula is C14H17N5S. The van der Waals surface area contributed by atoms with E-state index in [4.69, 9.17) is 10.7 Å².